The lowest BCUT2D eigenvalue weighted by Gasteiger charge is -2.25. The maximum Gasteiger partial charge on any atom is 0.283 e. The number of nitro benzene ring substituents is 1. The minimum atomic E-state index is -0.944. The molecule has 116 valence electrons. The third-order valence-electron chi connectivity index (χ3n) is 3.53. The number of aliphatic hydroxyl groups is 1. The van der Waals surface area contributed by atoms with E-state index in [1.54, 1.807) is 18.4 Å². The normalized spacial score (nSPS) is 11.2. The zero-order valence-electron chi connectivity index (χ0n) is 12.4. The van der Waals surface area contributed by atoms with Crippen LogP contribution in [0.25, 0.3) is 0 Å². The van der Waals surface area contributed by atoms with E-state index in [0.29, 0.717) is 17.7 Å². The minimum Gasteiger partial charge on any atom is -0.388 e. The number of rotatable bonds is 7. The number of carbonyl (C=O) groups is 1. The van der Waals surface area contributed by atoms with Crippen molar-refractivity contribution in [2.45, 2.75) is 37.2 Å². The van der Waals surface area contributed by atoms with Gasteiger partial charge in [-0.05, 0) is 31.2 Å². The highest BCUT2D eigenvalue weighted by atomic mass is 32.2. The van der Waals surface area contributed by atoms with E-state index in [4.69, 9.17) is 0 Å². The van der Waals surface area contributed by atoms with Crippen molar-refractivity contribution in [3.63, 3.8) is 0 Å². The molecule has 2 N–H and O–H groups in total. The fraction of sp³-hybridized carbons (Fsp3) is 0.500. The summed E-state index contributed by atoms with van der Waals surface area (Å²) in [5, 5.41) is 23.7. The standard InChI is InChI=1S/C14H20N2O4S/c1-4-14(18,5-2)9-15-13(17)10-6-7-12(21-3)11(8-10)16(19)20/h6-8,18H,4-5,9H2,1-3H3,(H,15,17). The van der Waals surface area contributed by atoms with Crippen LogP contribution in [0.5, 0.6) is 0 Å². The van der Waals surface area contributed by atoms with Crippen LogP contribution in [0.15, 0.2) is 23.1 Å². The Hall–Kier alpha value is -1.60. The van der Waals surface area contributed by atoms with Gasteiger partial charge < -0.3 is 10.4 Å². The third kappa shape index (κ3) is 4.44. The van der Waals surface area contributed by atoms with Crippen LogP contribution < -0.4 is 5.32 Å². The highest BCUT2D eigenvalue weighted by Gasteiger charge is 2.24. The Bertz CT molecular complexity index is 530. The van der Waals surface area contributed by atoms with Crippen molar-refractivity contribution in [3.05, 3.63) is 33.9 Å². The van der Waals surface area contributed by atoms with Crippen molar-refractivity contribution in [2.75, 3.05) is 12.8 Å². The molecule has 21 heavy (non-hydrogen) atoms. The highest BCUT2D eigenvalue weighted by molar-refractivity contribution is 7.98. The van der Waals surface area contributed by atoms with Gasteiger partial charge in [0.25, 0.3) is 11.6 Å². The number of hydrogen-bond acceptors (Lipinski definition) is 5. The van der Waals surface area contributed by atoms with E-state index >= 15 is 0 Å². The van der Waals surface area contributed by atoms with Crippen LogP contribution in [0.1, 0.15) is 37.0 Å². The van der Waals surface area contributed by atoms with Crippen LogP contribution in [0, 0.1) is 10.1 Å². The Morgan fingerprint density at radius 1 is 1.43 bits per heavy atom. The maximum atomic E-state index is 12.0. The van der Waals surface area contributed by atoms with Crippen molar-refractivity contribution < 1.29 is 14.8 Å². The summed E-state index contributed by atoms with van der Waals surface area (Å²) in [5.41, 5.74) is -0.814. The van der Waals surface area contributed by atoms with Crippen molar-refractivity contribution >= 4 is 23.4 Å². The fourth-order valence-electron chi connectivity index (χ4n) is 1.82. The zero-order chi connectivity index (χ0) is 16.0. The number of amides is 1. The van der Waals surface area contributed by atoms with Crippen molar-refractivity contribution in [2.24, 2.45) is 0 Å². The molecule has 0 aliphatic rings. The molecule has 0 unspecified atom stereocenters. The van der Waals surface area contributed by atoms with Gasteiger partial charge in [-0.2, -0.15) is 0 Å². The molecule has 0 heterocycles. The third-order valence-corrected chi connectivity index (χ3v) is 4.32. The van der Waals surface area contributed by atoms with Crippen LogP contribution in [-0.4, -0.2) is 34.3 Å². The molecule has 0 saturated heterocycles. The number of benzene rings is 1. The quantitative estimate of drug-likeness (QED) is 0.458. The van der Waals surface area contributed by atoms with E-state index in [1.807, 2.05) is 13.8 Å². The topological polar surface area (TPSA) is 92.5 Å². The predicted molar refractivity (Wildman–Crippen MR) is 82.7 cm³/mol. The van der Waals surface area contributed by atoms with Crippen LogP contribution in [0.4, 0.5) is 5.69 Å². The van der Waals surface area contributed by atoms with Crippen LogP contribution >= 0.6 is 11.8 Å². The average molecular weight is 312 g/mol. The zero-order valence-corrected chi connectivity index (χ0v) is 13.2. The smallest absolute Gasteiger partial charge is 0.283 e. The summed E-state index contributed by atoms with van der Waals surface area (Å²) in [6, 6.07) is 4.37. The number of hydrogen-bond donors (Lipinski definition) is 2. The van der Waals surface area contributed by atoms with Gasteiger partial charge in [-0.15, -0.1) is 11.8 Å². The molecule has 1 aromatic carbocycles. The van der Waals surface area contributed by atoms with Crippen LogP contribution in [-0.2, 0) is 0 Å². The molecule has 0 saturated carbocycles. The second kappa shape index (κ2) is 7.42. The summed E-state index contributed by atoms with van der Waals surface area (Å²) in [7, 11) is 0. The molecule has 0 atom stereocenters. The van der Waals surface area contributed by atoms with Crippen molar-refractivity contribution in [3.8, 4) is 0 Å². The number of nitrogens with zero attached hydrogens (tertiary/aromatic N) is 1. The lowest BCUT2D eigenvalue weighted by Crippen LogP contribution is -2.42. The van der Waals surface area contributed by atoms with Gasteiger partial charge in [0, 0.05) is 18.2 Å². The second-order valence-corrected chi connectivity index (χ2v) is 5.61. The average Bonchev–Trinajstić information content (AvgIpc) is 2.51. The van der Waals surface area contributed by atoms with Gasteiger partial charge in [0.15, 0.2) is 0 Å². The fourth-order valence-corrected chi connectivity index (χ4v) is 2.37. The lowest BCUT2D eigenvalue weighted by atomic mass is 9.97. The van der Waals surface area contributed by atoms with E-state index in [-0.39, 0.29) is 17.8 Å². The summed E-state index contributed by atoms with van der Waals surface area (Å²) in [6.07, 6.45) is 2.79. The monoisotopic (exact) mass is 312 g/mol. The SMILES string of the molecule is CCC(O)(CC)CNC(=O)c1ccc(SC)c([N+](=O)[O-])c1. The number of thioether (sulfide) groups is 1. The van der Waals surface area contributed by atoms with Gasteiger partial charge in [0.1, 0.15) is 0 Å². The number of carbonyl (C=O) groups excluding carboxylic acids is 1. The first-order valence-corrected chi connectivity index (χ1v) is 7.92. The molecular formula is C14H20N2O4S. The summed E-state index contributed by atoms with van der Waals surface area (Å²) < 4.78 is 0. The summed E-state index contributed by atoms with van der Waals surface area (Å²) >= 11 is 1.26. The summed E-state index contributed by atoms with van der Waals surface area (Å²) in [5.74, 6) is -0.425. The first-order valence-electron chi connectivity index (χ1n) is 6.70. The molecule has 0 bridgehead atoms. The Kier molecular flexibility index (Phi) is 6.17. The van der Waals surface area contributed by atoms with E-state index < -0.39 is 16.4 Å². The van der Waals surface area contributed by atoms with Gasteiger partial charge >= 0.3 is 0 Å². The Balaban J connectivity index is 2.89. The molecular weight excluding hydrogens is 292 g/mol. The molecule has 0 aliphatic heterocycles. The largest absolute Gasteiger partial charge is 0.388 e. The van der Waals surface area contributed by atoms with Crippen molar-refractivity contribution in [1.82, 2.24) is 5.32 Å². The van der Waals surface area contributed by atoms with E-state index in [2.05, 4.69) is 5.32 Å². The maximum absolute atomic E-state index is 12.0. The molecule has 0 fully saturated rings. The van der Waals surface area contributed by atoms with Crippen LogP contribution in [0.3, 0.4) is 0 Å². The Morgan fingerprint density at radius 3 is 2.52 bits per heavy atom. The highest BCUT2D eigenvalue weighted by Crippen LogP contribution is 2.28. The number of nitrogens with one attached hydrogen (secondary N) is 1. The van der Waals surface area contributed by atoms with Crippen LogP contribution in [0.2, 0.25) is 0 Å². The predicted octanol–water partition coefficient (Wildman–Crippen LogP) is 2.60. The molecule has 0 aliphatic carbocycles. The first-order chi connectivity index (χ1) is 9.86. The molecule has 1 amide bonds. The molecule has 6 nitrogen and oxygen atoms in total. The minimum absolute atomic E-state index is 0.0867. The molecule has 1 rings (SSSR count). The summed E-state index contributed by atoms with van der Waals surface area (Å²) in [6.45, 7) is 3.80. The molecule has 0 aromatic heterocycles. The first kappa shape index (κ1) is 17.5. The molecule has 0 spiro atoms. The van der Waals surface area contributed by atoms with Crippen molar-refractivity contribution in [1.29, 1.82) is 0 Å². The van der Waals surface area contributed by atoms with Gasteiger partial charge in [0.05, 0.1) is 15.4 Å². The summed E-state index contributed by atoms with van der Waals surface area (Å²) in [4.78, 5) is 23.0. The number of nitro groups is 1. The lowest BCUT2D eigenvalue weighted by molar-refractivity contribution is -0.387. The van der Waals surface area contributed by atoms with E-state index in [1.165, 1.54) is 17.8 Å². The van der Waals surface area contributed by atoms with Gasteiger partial charge in [-0.1, -0.05) is 13.8 Å². The molecule has 0 radical (unpaired) electrons. The Labute approximate surface area is 128 Å². The van der Waals surface area contributed by atoms with Gasteiger partial charge in [0.2, 0.25) is 0 Å². The van der Waals surface area contributed by atoms with E-state index in [9.17, 15) is 20.0 Å². The second-order valence-electron chi connectivity index (χ2n) is 4.76. The van der Waals surface area contributed by atoms with E-state index in [0.717, 1.165) is 0 Å². The van der Waals surface area contributed by atoms with Gasteiger partial charge in [-0.3, -0.25) is 14.9 Å². The molecule has 1 aromatic rings. The molecule has 7 heteroatoms. The van der Waals surface area contributed by atoms with Gasteiger partial charge in [-0.25, -0.2) is 0 Å². The Morgan fingerprint density at radius 2 is 2.05 bits per heavy atom.